The van der Waals surface area contributed by atoms with Crippen molar-refractivity contribution >= 4 is 21.6 Å². The van der Waals surface area contributed by atoms with Crippen molar-refractivity contribution in [1.29, 1.82) is 0 Å². The maximum absolute atomic E-state index is 11.5. The predicted molar refractivity (Wildman–Crippen MR) is 117 cm³/mol. The normalized spacial score (nSPS) is 11.7. The lowest BCUT2D eigenvalue weighted by atomic mass is 10.1. The minimum Gasteiger partial charge on any atom is -0.339 e. The predicted octanol–water partition coefficient (Wildman–Crippen LogP) is 3.63. The van der Waals surface area contributed by atoms with Gasteiger partial charge in [0.1, 0.15) is 0 Å². The van der Waals surface area contributed by atoms with Gasteiger partial charge in [0, 0.05) is 17.7 Å². The first-order valence-electron chi connectivity index (χ1n) is 9.50. The van der Waals surface area contributed by atoms with E-state index in [0.29, 0.717) is 29.6 Å². The van der Waals surface area contributed by atoms with Crippen LogP contribution in [0.1, 0.15) is 22.8 Å². The summed E-state index contributed by atoms with van der Waals surface area (Å²) in [5, 5.41) is 14.4. The number of aryl methyl sites for hydroxylation is 2. The van der Waals surface area contributed by atoms with Gasteiger partial charge in [-0.3, -0.25) is 0 Å². The highest BCUT2D eigenvalue weighted by Gasteiger charge is 2.16. The Labute approximate surface area is 184 Å². The molecule has 4 aromatic rings. The quantitative estimate of drug-likeness (QED) is 0.472. The Hall–Kier alpha value is -3.01. The van der Waals surface area contributed by atoms with Gasteiger partial charge in [0.05, 0.1) is 21.3 Å². The lowest BCUT2D eigenvalue weighted by molar-refractivity contribution is 0.379. The van der Waals surface area contributed by atoms with Crippen molar-refractivity contribution in [2.75, 3.05) is 0 Å². The Balaban J connectivity index is 1.53. The molecule has 0 atom stereocenters. The van der Waals surface area contributed by atoms with E-state index in [4.69, 9.17) is 21.3 Å². The van der Waals surface area contributed by atoms with Gasteiger partial charge >= 0.3 is 0 Å². The fraction of sp³-hybridized carbons (Fsp3) is 0.190. The van der Waals surface area contributed by atoms with Gasteiger partial charge < -0.3 is 4.52 Å². The van der Waals surface area contributed by atoms with Crippen LogP contribution in [0.4, 0.5) is 0 Å². The van der Waals surface area contributed by atoms with Crippen molar-refractivity contribution in [2.24, 2.45) is 5.14 Å². The molecular weight excluding hydrogens is 438 g/mol. The minimum absolute atomic E-state index is 0.0590. The molecule has 0 aliphatic heterocycles. The first kappa shape index (κ1) is 21.2. The summed E-state index contributed by atoms with van der Waals surface area (Å²) in [5.41, 5.74) is 4.36. The molecule has 0 radical (unpaired) electrons. The second-order valence-electron chi connectivity index (χ2n) is 7.09. The second-order valence-corrected chi connectivity index (χ2v) is 9.06. The van der Waals surface area contributed by atoms with Crippen LogP contribution in [0.25, 0.3) is 17.1 Å². The summed E-state index contributed by atoms with van der Waals surface area (Å²) >= 11 is 6.21. The van der Waals surface area contributed by atoms with E-state index in [1.54, 1.807) is 22.9 Å². The van der Waals surface area contributed by atoms with Gasteiger partial charge in [-0.1, -0.05) is 28.9 Å². The van der Waals surface area contributed by atoms with E-state index in [-0.39, 0.29) is 4.90 Å². The number of hydrogen-bond donors (Lipinski definition) is 1. The molecule has 0 saturated heterocycles. The fourth-order valence-electron chi connectivity index (χ4n) is 3.41. The van der Waals surface area contributed by atoms with Crippen LogP contribution in [0.3, 0.4) is 0 Å². The number of halogens is 1. The van der Waals surface area contributed by atoms with Gasteiger partial charge in [-0.05, 0) is 62.2 Å². The van der Waals surface area contributed by atoms with Crippen LogP contribution in [0.2, 0.25) is 5.02 Å². The SMILES string of the molecule is Cc1nn(-c2ccc(S(N)(=O)=O)cc2)c(C)c1CCc1nc(-c2ccccc2Cl)no1. The molecule has 0 bridgehead atoms. The highest BCUT2D eigenvalue weighted by molar-refractivity contribution is 7.89. The van der Waals surface area contributed by atoms with Gasteiger partial charge in [0.15, 0.2) is 0 Å². The molecule has 0 amide bonds. The zero-order chi connectivity index (χ0) is 22.2. The number of nitrogens with zero attached hydrogens (tertiary/aromatic N) is 4. The maximum atomic E-state index is 11.5. The zero-order valence-electron chi connectivity index (χ0n) is 16.9. The Kier molecular flexibility index (Phi) is 5.65. The summed E-state index contributed by atoms with van der Waals surface area (Å²) < 4.78 is 30.1. The largest absolute Gasteiger partial charge is 0.339 e. The summed E-state index contributed by atoms with van der Waals surface area (Å²) in [6.45, 7) is 3.90. The maximum Gasteiger partial charge on any atom is 0.238 e. The molecule has 0 spiro atoms. The monoisotopic (exact) mass is 457 g/mol. The highest BCUT2D eigenvalue weighted by Crippen LogP contribution is 2.26. The van der Waals surface area contributed by atoms with Crippen molar-refractivity contribution in [3.8, 4) is 17.1 Å². The molecule has 8 nitrogen and oxygen atoms in total. The summed E-state index contributed by atoms with van der Waals surface area (Å²) in [4.78, 5) is 4.51. The van der Waals surface area contributed by atoms with Gasteiger partial charge in [-0.15, -0.1) is 0 Å². The lowest BCUT2D eigenvalue weighted by Crippen LogP contribution is -2.12. The van der Waals surface area contributed by atoms with Crippen LogP contribution < -0.4 is 5.14 Å². The van der Waals surface area contributed by atoms with Crippen LogP contribution in [-0.4, -0.2) is 28.3 Å². The second kappa shape index (κ2) is 8.26. The average molecular weight is 458 g/mol. The standard InChI is InChI=1S/C21H20ClN5O3S/c1-13-17(11-12-20-24-21(26-30-20)18-5-3-4-6-19(18)22)14(2)27(25-13)15-7-9-16(10-8-15)31(23,28)29/h3-10H,11-12H2,1-2H3,(H2,23,28,29). The molecule has 160 valence electrons. The Bertz CT molecular complexity index is 1340. The Morgan fingerprint density at radius 2 is 1.77 bits per heavy atom. The highest BCUT2D eigenvalue weighted by atomic mass is 35.5. The summed E-state index contributed by atoms with van der Waals surface area (Å²) in [5.74, 6) is 0.971. The van der Waals surface area contributed by atoms with E-state index in [0.717, 1.165) is 28.2 Å². The van der Waals surface area contributed by atoms with Crippen LogP contribution in [0, 0.1) is 13.8 Å². The van der Waals surface area contributed by atoms with Gasteiger partial charge in [0.25, 0.3) is 0 Å². The molecule has 2 aromatic heterocycles. The number of benzene rings is 2. The van der Waals surface area contributed by atoms with Gasteiger partial charge in [-0.25, -0.2) is 18.2 Å². The van der Waals surface area contributed by atoms with Crippen LogP contribution in [0.15, 0.2) is 57.9 Å². The average Bonchev–Trinajstić information content (AvgIpc) is 3.31. The minimum atomic E-state index is -3.74. The number of primary sulfonamides is 1. The van der Waals surface area contributed by atoms with Crippen molar-refractivity contribution < 1.29 is 12.9 Å². The third kappa shape index (κ3) is 4.39. The topological polar surface area (TPSA) is 117 Å². The first-order chi connectivity index (χ1) is 14.7. The Morgan fingerprint density at radius 1 is 1.06 bits per heavy atom. The Morgan fingerprint density at radius 3 is 2.45 bits per heavy atom. The third-order valence-corrected chi connectivity index (χ3v) is 6.28. The number of hydrogen-bond acceptors (Lipinski definition) is 6. The first-order valence-corrected chi connectivity index (χ1v) is 11.4. The molecular formula is C21H20ClN5O3S. The van der Waals surface area contributed by atoms with Crippen LogP contribution >= 0.6 is 11.6 Å². The number of aromatic nitrogens is 4. The van der Waals surface area contributed by atoms with E-state index >= 15 is 0 Å². The molecule has 0 saturated carbocycles. The zero-order valence-corrected chi connectivity index (χ0v) is 18.5. The van der Waals surface area contributed by atoms with E-state index < -0.39 is 10.0 Å². The molecule has 2 N–H and O–H groups in total. The number of nitrogens with two attached hydrogens (primary N) is 1. The molecule has 0 aliphatic rings. The smallest absolute Gasteiger partial charge is 0.238 e. The lowest BCUT2D eigenvalue weighted by Gasteiger charge is -2.06. The summed E-state index contributed by atoms with van der Waals surface area (Å²) in [7, 11) is -3.74. The molecule has 4 rings (SSSR count). The van der Waals surface area contributed by atoms with Crippen molar-refractivity contribution in [1.82, 2.24) is 19.9 Å². The molecule has 0 fully saturated rings. The fourth-order valence-corrected chi connectivity index (χ4v) is 4.14. The van der Waals surface area contributed by atoms with Crippen molar-refractivity contribution in [3.05, 3.63) is 76.4 Å². The summed E-state index contributed by atoms with van der Waals surface area (Å²) in [6, 6.07) is 13.6. The van der Waals surface area contributed by atoms with Gasteiger partial charge in [0.2, 0.25) is 21.7 Å². The summed E-state index contributed by atoms with van der Waals surface area (Å²) in [6.07, 6.45) is 1.21. The van der Waals surface area contributed by atoms with Crippen molar-refractivity contribution in [2.45, 2.75) is 31.6 Å². The van der Waals surface area contributed by atoms with E-state index in [2.05, 4.69) is 15.2 Å². The van der Waals surface area contributed by atoms with E-state index in [1.807, 2.05) is 32.0 Å². The molecule has 2 aromatic carbocycles. The number of sulfonamides is 1. The molecule has 2 heterocycles. The molecule has 0 unspecified atom stereocenters. The molecule has 31 heavy (non-hydrogen) atoms. The van der Waals surface area contributed by atoms with Gasteiger partial charge in [-0.2, -0.15) is 10.1 Å². The van der Waals surface area contributed by atoms with E-state index in [1.165, 1.54) is 12.1 Å². The third-order valence-electron chi connectivity index (χ3n) is 5.02. The molecule has 10 heteroatoms. The number of rotatable bonds is 6. The van der Waals surface area contributed by atoms with Crippen LogP contribution in [-0.2, 0) is 22.9 Å². The van der Waals surface area contributed by atoms with E-state index in [9.17, 15) is 8.42 Å². The van der Waals surface area contributed by atoms with Crippen molar-refractivity contribution in [3.63, 3.8) is 0 Å². The van der Waals surface area contributed by atoms with Crippen LogP contribution in [0.5, 0.6) is 0 Å². The molecule has 0 aliphatic carbocycles.